The van der Waals surface area contributed by atoms with E-state index in [1.807, 2.05) is 83.1 Å². The van der Waals surface area contributed by atoms with Crippen molar-refractivity contribution in [3.63, 3.8) is 0 Å². The van der Waals surface area contributed by atoms with Gasteiger partial charge in [0.05, 0.1) is 60.9 Å². The number of ether oxygens (including phenoxy) is 6. The number of aliphatic hydroxyl groups excluding tert-OH is 2. The Bertz CT molecular complexity index is 1940. The molecule has 4 aromatic rings. The predicted molar refractivity (Wildman–Crippen MR) is 197 cm³/mol. The zero-order valence-electron chi connectivity index (χ0n) is 35.0. The highest BCUT2D eigenvalue weighted by molar-refractivity contribution is 5.69. The quantitative estimate of drug-likeness (QED) is 0.203. The topological polar surface area (TPSA) is 223 Å². The van der Waals surface area contributed by atoms with E-state index in [-0.39, 0.29) is 48.1 Å². The summed E-state index contributed by atoms with van der Waals surface area (Å²) in [6, 6.07) is 0. The molecule has 2 saturated heterocycles. The smallest absolute Gasteiger partial charge is 0.278 e. The maximum Gasteiger partial charge on any atom is 0.278 e. The van der Waals surface area contributed by atoms with E-state index in [2.05, 4.69) is 29.9 Å². The lowest BCUT2D eigenvalue weighted by Crippen LogP contribution is -2.42. The normalized spacial score (nSPS) is 27.3. The molecule has 18 heteroatoms. The second-order valence-corrected chi connectivity index (χ2v) is 17.3. The average Bonchev–Trinajstić information content (AvgIpc) is 3.75. The Labute approximate surface area is 316 Å². The van der Waals surface area contributed by atoms with E-state index in [0.717, 1.165) is 0 Å². The molecule has 300 valence electrons. The van der Waals surface area contributed by atoms with Crippen molar-refractivity contribution in [1.82, 2.24) is 39.0 Å². The van der Waals surface area contributed by atoms with Crippen LogP contribution in [-0.2, 0) is 28.4 Å². The van der Waals surface area contributed by atoms with Gasteiger partial charge in [0, 0.05) is 0 Å². The van der Waals surface area contributed by atoms with Crippen molar-refractivity contribution in [2.45, 2.75) is 155 Å². The van der Waals surface area contributed by atoms with Crippen LogP contribution in [0.3, 0.4) is 0 Å². The van der Waals surface area contributed by atoms with Gasteiger partial charge in [0.1, 0.15) is 39.4 Å². The van der Waals surface area contributed by atoms with Gasteiger partial charge in [-0.05, 0) is 83.1 Å². The second kappa shape index (κ2) is 15.5. The van der Waals surface area contributed by atoms with Crippen LogP contribution in [0, 0.1) is 0 Å². The number of nitrogens with one attached hydrogen (secondary N) is 2. The molecule has 4 N–H and O–H groups in total. The van der Waals surface area contributed by atoms with Gasteiger partial charge in [-0.2, -0.15) is 0 Å². The van der Waals surface area contributed by atoms with E-state index in [0.29, 0.717) is 0 Å². The van der Waals surface area contributed by atoms with Crippen LogP contribution in [0.2, 0.25) is 0 Å². The molecule has 2 aliphatic heterocycles. The van der Waals surface area contributed by atoms with Gasteiger partial charge in [-0.1, -0.05) is 0 Å². The summed E-state index contributed by atoms with van der Waals surface area (Å²) in [5.41, 5.74) is -2.38. The molecule has 18 nitrogen and oxygen atoms in total. The second-order valence-electron chi connectivity index (χ2n) is 17.3. The van der Waals surface area contributed by atoms with Gasteiger partial charge in [-0.15, -0.1) is 0 Å². The summed E-state index contributed by atoms with van der Waals surface area (Å²) < 4.78 is 54.9. The van der Waals surface area contributed by atoms with E-state index >= 15 is 0 Å². The lowest BCUT2D eigenvalue weighted by atomic mass is 10.1. The summed E-state index contributed by atoms with van der Waals surface area (Å²) in [6.45, 7) is 23.3. The number of H-pyrrole nitrogens is 2. The molecule has 6 heterocycles. The zero-order valence-corrected chi connectivity index (χ0v) is 33.0. The molecule has 4 aromatic heterocycles. The fraction of sp³-hybridized carbons (Fsp3) is 0.722. The van der Waals surface area contributed by atoms with Crippen molar-refractivity contribution in [1.29, 1.82) is 0 Å². The summed E-state index contributed by atoms with van der Waals surface area (Å²) in [6.07, 6.45) is -4.68. The fourth-order valence-corrected chi connectivity index (χ4v) is 5.88. The van der Waals surface area contributed by atoms with Crippen LogP contribution in [0.5, 0.6) is 0 Å². The van der Waals surface area contributed by atoms with E-state index < -0.39 is 82.6 Å². The molecule has 4 unspecified atom stereocenters. The average molecular weight is 764 g/mol. The van der Waals surface area contributed by atoms with Gasteiger partial charge in [-0.3, -0.25) is 18.7 Å². The summed E-state index contributed by atoms with van der Waals surface area (Å²) in [5.74, 6) is 0. The SMILES string of the molecule is [2H][13c]1nc2c(=O)[nH]cnc2n1C1O[C@H](COC(C)(C)C)C(OC(C)(C)C)[C@H]1O.[2H]c1nc2c(=O)[nH]cnc2n1C1O[C@H](COC(C)(C)C)C(OC(C)(C)C)[C@H]1O. The highest BCUT2D eigenvalue weighted by atomic mass is 16.6. The van der Waals surface area contributed by atoms with Crippen molar-refractivity contribution in [2.24, 2.45) is 0 Å². The molecular weight excluding hydrogens is 705 g/mol. The number of nitrogens with zero attached hydrogens (tertiary/aromatic N) is 6. The van der Waals surface area contributed by atoms with Crippen molar-refractivity contribution < 1.29 is 41.4 Å². The van der Waals surface area contributed by atoms with E-state index in [1.54, 1.807) is 0 Å². The first-order chi connectivity index (χ1) is 25.7. The summed E-state index contributed by atoms with van der Waals surface area (Å²) in [7, 11) is 0. The fourth-order valence-electron chi connectivity index (χ4n) is 5.88. The maximum absolute atomic E-state index is 12.0. The molecule has 54 heavy (non-hydrogen) atoms. The third-order valence-corrected chi connectivity index (χ3v) is 8.08. The van der Waals surface area contributed by atoms with Crippen molar-refractivity contribution in [2.75, 3.05) is 13.2 Å². The molecule has 2 aliphatic rings. The maximum atomic E-state index is 12.0. The van der Waals surface area contributed by atoms with Crippen LogP contribution < -0.4 is 11.1 Å². The Kier molecular flexibility index (Phi) is 11.1. The first kappa shape index (κ1) is 38.6. The molecule has 0 saturated carbocycles. The third kappa shape index (κ3) is 9.97. The molecule has 0 aromatic carbocycles. The monoisotopic (exact) mass is 763 g/mol. The summed E-state index contributed by atoms with van der Waals surface area (Å²) >= 11 is 0. The highest BCUT2D eigenvalue weighted by Gasteiger charge is 2.49. The van der Waals surface area contributed by atoms with Crippen LogP contribution in [0.25, 0.3) is 22.3 Å². The van der Waals surface area contributed by atoms with E-state index in [4.69, 9.17) is 31.2 Å². The van der Waals surface area contributed by atoms with Crippen molar-refractivity contribution in [3.05, 3.63) is 46.0 Å². The number of hydrogen-bond acceptors (Lipinski definition) is 14. The number of aromatic nitrogens is 8. The van der Waals surface area contributed by atoms with Crippen molar-refractivity contribution in [3.8, 4) is 0 Å². The molecule has 0 amide bonds. The Hall–Kier alpha value is -3.62. The Morgan fingerprint density at radius 3 is 1.31 bits per heavy atom. The molecule has 2 fully saturated rings. The molecule has 6 rings (SSSR count). The zero-order chi connectivity index (χ0) is 41.7. The van der Waals surface area contributed by atoms with Gasteiger partial charge in [0.2, 0.25) is 0 Å². The van der Waals surface area contributed by atoms with Crippen LogP contribution in [0.1, 0.15) is 98.3 Å². The van der Waals surface area contributed by atoms with Crippen LogP contribution in [0.4, 0.5) is 0 Å². The Morgan fingerprint density at radius 2 is 1.00 bits per heavy atom. The molecule has 0 bridgehead atoms. The largest absolute Gasteiger partial charge is 0.386 e. The third-order valence-electron chi connectivity index (χ3n) is 8.08. The number of aromatic amines is 2. The van der Waals surface area contributed by atoms with Gasteiger partial charge >= 0.3 is 0 Å². The number of imidazole rings is 2. The highest BCUT2D eigenvalue weighted by Crippen LogP contribution is 2.37. The van der Waals surface area contributed by atoms with Gasteiger partial charge < -0.3 is 48.6 Å². The lowest BCUT2D eigenvalue weighted by molar-refractivity contribution is -0.138. The summed E-state index contributed by atoms with van der Waals surface area (Å²) in [5, 5.41) is 22.0. The molecule has 8 atom stereocenters. The standard InChI is InChI=1S/2C18H28N4O5/c2*1-17(2,3)25-7-10-13(27-18(4,5)6)12(23)16(26-10)22-9-21-11-14(22)19-8-20-15(11)24/h2*8-10,12-13,16,23H,7H2,1-6H3,(H,19,20,24)/t2*10-,12-,13?,16?/m11/s1/i9+1D;9D. The predicted octanol–water partition coefficient (Wildman–Crippen LogP) is 2.75. The molecular formula is C36H56N8O10. The van der Waals surface area contributed by atoms with E-state index in [1.165, 1.54) is 21.8 Å². The molecule has 0 aliphatic carbocycles. The number of hydrogen-bond donors (Lipinski definition) is 4. The molecule has 0 radical (unpaired) electrons. The lowest BCUT2D eigenvalue weighted by Gasteiger charge is -2.30. The van der Waals surface area contributed by atoms with Crippen LogP contribution in [0.15, 0.2) is 34.9 Å². The Balaban J connectivity index is 0.000000214. The van der Waals surface area contributed by atoms with Crippen LogP contribution >= 0.6 is 0 Å². The van der Waals surface area contributed by atoms with Crippen LogP contribution in [-0.4, -0.2) is 121 Å². The first-order valence-electron chi connectivity index (χ1n) is 18.9. The number of aliphatic hydroxyl groups is 2. The van der Waals surface area contributed by atoms with Gasteiger partial charge in [0.25, 0.3) is 11.1 Å². The Morgan fingerprint density at radius 1 is 0.648 bits per heavy atom. The number of rotatable bonds is 8. The number of fused-ring (bicyclic) bond motifs is 2. The van der Waals surface area contributed by atoms with Gasteiger partial charge in [0.15, 0.2) is 34.8 Å². The summed E-state index contributed by atoms with van der Waals surface area (Å²) in [4.78, 5) is 44.9. The minimum atomic E-state index is -1.10. The minimum Gasteiger partial charge on any atom is -0.386 e. The first-order valence-corrected chi connectivity index (χ1v) is 17.9. The van der Waals surface area contributed by atoms with Crippen molar-refractivity contribution >= 4 is 22.3 Å². The van der Waals surface area contributed by atoms with Gasteiger partial charge in [-0.25, -0.2) is 19.9 Å². The minimum absolute atomic E-state index is 0.0194. The van der Waals surface area contributed by atoms with E-state index in [9.17, 15) is 19.8 Å². The molecule has 0 spiro atoms.